The Morgan fingerprint density at radius 1 is 0.925 bits per heavy atom. The van der Waals surface area contributed by atoms with Gasteiger partial charge in [-0.3, -0.25) is 14.4 Å². The smallest absolute Gasteiger partial charge is 0.269 e. The number of fused-ring (bicyclic) bond motifs is 1. The highest BCUT2D eigenvalue weighted by Crippen LogP contribution is 2.30. The van der Waals surface area contributed by atoms with Gasteiger partial charge in [-0.25, -0.2) is 12.7 Å². The summed E-state index contributed by atoms with van der Waals surface area (Å²) in [5, 5.41) is 3.49. The molecule has 10 heteroatoms. The predicted octanol–water partition coefficient (Wildman–Crippen LogP) is 4.43. The maximum Gasteiger partial charge on any atom is 0.269 e. The van der Waals surface area contributed by atoms with E-state index in [0.29, 0.717) is 11.4 Å². The largest absolute Gasteiger partial charge is 0.352 e. The van der Waals surface area contributed by atoms with Crippen molar-refractivity contribution in [1.29, 1.82) is 0 Å². The average Bonchev–Trinajstić information content (AvgIpc) is 3.12. The van der Waals surface area contributed by atoms with Crippen molar-refractivity contribution in [2.24, 2.45) is 0 Å². The van der Waals surface area contributed by atoms with Crippen LogP contribution in [0.25, 0.3) is 0 Å². The first-order chi connectivity index (χ1) is 19.1. The molecule has 0 spiro atoms. The van der Waals surface area contributed by atoms with E-state index in [-0.39, 0.29) is 54.2 Å². The Balaban J connectivity index is 1.56. The highest BCUT2D eigenvalue weighted by Gasteiger charge is 2.40. The van der Waals surface area contributed by atoms with E-state index in [0.717, 1.165) is 15.4 Å². The Morgan fingerprint density at radius 2 is 1.57 bits per heavy atom. The third kappa shape index (κ3) is 6.71. The number of sulfonamides is 1. The van der Waals surface area contributed by atoms with E-state index >= 15 is 0 Å². The first-order valence-corrected chi connectivity index (χ1v) is 14.9. The molecular formula is C30H32ClN3O5S. The second kappa shape index (κ2) is 12.7. The molecule has 3 aromatic rings. The normalized spacial score (nSPS) is 14.6. The summed E-state index contributed by atoms with van der Waals surface area (Å²) < 4.78 is 26.7. The Morgan fingerprint density at radius 3 is 2.23 bits per heavy atom. The molecule has 1 heterocycles. The van der Waals surface area contributed by atoms with Crippen LogP contribution >= 0.6 is 11.6 Å². The molecule has 0 unspecified atom stereocenters. The molecule has 1 atom stereocenters. The molecule has 8 nitrogen and oxygen atoms in total. The zero-order valence-corrected chi connectivity index (χ0v) is 24.0. The highest BCUT2D eigenvalue weighted by molar-refractivity contribution is 7.90. The van der Waals surface area contributed by atoms with Crippen molar-refractivity contribution in [2.45, 2.75) is 56.6 Å². The van der Waals surface area contributed by atoms with Crippen LogP contribution in [0.2, 0.25) is 5.02 Å². The minimum Gasteiger partial charge on any atom is -0.352 e. The van der Waals surface area contributed by atoms with E-state index < -0.39 is 22.0 Å². The van der Waals surface area contributed by atoms with Gasteiger partial charge in [0.1, 0.15) is 10.9 Å². The van der Waals surface area contributed by atoms with Gasteiger partial charge in [-0.2, -0.15) is 0 Å². The SMILES string of the molecule is CC(C)NC(=O)[C@@H](Cc1ccccc1)N(Cc1ccc(Cl)cc1)C(=O)CCCN1C(=O)c2ccccc2S1(=O)=O. The molecule has 0 saturated carbocycles. The Bertz CT molecular complexity index is 1480. The highest BCUT2D eigenvalue weighted by atomic mass is 35.5. The van der Waals surface area contributed by atoms with Crippen molar-refractivity contribution in [3.05, 3.63) is 101 Å². The predicted molar refractivity (Wildman–Crippen MR) is 153 cm³/mol. The summed E-state index contributed by atoms with van der Waals surface area (Å²) in [5.41, 5.74) is 1.82. The molecule has 3 aromatic carbocycles. The van der Waals surface area contributed by atoms with Gasteiger partial charge in [0.2, 0.25) is 11.8 Å². The zero-order chi connectivity index (χ0) is 28.9. The molecule has 0 bridgehead atoms. The van der Waals surface area contributed by atoms with E-state index in [1.807, 2.05) is 44.2 Å². The fourth-order valence-corrected chi connectivity index (χ4v) is 6.42. The third-order valence-electron chi connectivity index (χ3n) is 6.63. The van der Waals surface area contributed by atoms with Crippen molar-refractivity contribution in [3.63, 3.8) is 0 Å². The number of carbonyl (C=O) groups is 3. The van der Waals surface area contributed by atoms with Crippen LogP contribution in [-0.2, 0) is 32.6 Å². The Kier molecular flexibility index (Phi) is 9.27. The molecule has 40 heavy (non-hydrogen) atoms. The molecule has 4 rings (SSSR count). The van der Waals surface area contributed by atoms with Gasteiger partial charge in [0.15, 0.2) is 0 Å². The van der Waals surface area contributed by atoms with Crippen molar-refractivity contribution >= 4 is 39.3 Å². The van der Waals surface area contributed by atoms with Gasteiger partial charge in [-0.05, 0) is 55.7 Å². The average molecular weight is 582 g/mol. The van der Waals surface area contributed by atoms with Crippen LogP contribution in [0, 0.1) is 0 Å². The number of nitrogens with zero attached hydrogens (tertiary/aromatic N) is 2. The fourth-order valence-electron chi connectivity index (χ4n) is 4.69. The van der Waals surface area contributed by atoms with Gasteiger partial charge in [-0.1, -0.05) is 66.2 Å². The molecule has 3 amide bonds. The summed E-state index contributed by atoms with van der Waals surface area (Å²) in [6, 6.07) is 21.6. The van der Waals surface area contributed by atoms with Crippen LogP contribution in [0.15, 0.2) is 83.8 Å². The lowest BCUT2D eigenvalue weighted by Crippen LogP contribution is -2.51. The summed E-state index contributed by atoms with van der Waals surface area (Å²) >= 11 is 6.06. The lowest BCUT2D eigenvalue weighted by Gasteiger charge is -2.32. The first-order valence-electron chi connectivity index (χ1n) is 13.1. The molecule has 210 valence electrons. The first kappa shape index (κ1) is 29.3. The molecule has 0 aromatic heterocycles. The standard InChI is InChI=1S/C30H32ClN3O5S/c1-21(2)32-29(36)26(19-22-9-4-3-5-10-22)33(20-23-14-16-24(31)17-15-23)28(35)13-8-18-34-30(37)25-11-6-7-12-27(25)40(34,38)39/h3-7,9-12,14-17,21,26H,8,13,18-20H2,1-2H3,(H,32,36)/t26-/m1/s1. The molecule has 0 saturated heterocycles. The van der Waals surface area contributed by atoms with Crippen LogP contribution in [0.3, 0.4) is 0 Å². The summed E-state index contributed by atoms with van der Waals surface area (Å²) in [6.07, 6.45) is 0.356. The quantitative estimate of drug-likeness (QED) is 0.361. The number of amides is 3. The topological polar surface area (TPSA) is 104 Å². The zero-order valence-electron chi connectivity index (χ0n) is 22.4. The van der Waals surface area contributed by atoms with E-state index in [9.17, 15) is 22.8 Å². The second-order valence-corrected chi connectivity index (χ2v) is 12.3. The molecule has 1 aliphatic heterocycles. The number of benzene rings is 3. The number of hydrogen-bond donors (Lipinski definition) is 1. The molecular weight excluding hydrogens is 550 g/mol. The number of carbonyl (C=O) groups excluding carboxylic acids is 3. The summed E-state index contributed by atoms with van der Waals surface area (Å²) in [7, 11) is -3.97. The van der Waals surface area contributed by atoms with Crippen LogP contribution < -0.4 is 5.32 Å². The van der Waals surface area contributed by atoms with Gasteiger partial charge >= 0.3 is 0 Å². The van der Waals surface area contributed by atoms with E-state index in [4.69, 9.17) is 11.6 Å². The van der Waals surface area contributed by atoms with Crippen molar-refractivity contribution in [2.75, 3.05) is 6.54 Å². The van der Waals surface area contributed by atoms with Crippen molar-refractivity contribution < 1.29 is 22.8 Å². The number of halogens is 1. The second-order valence-electron chi connectivity index (χ2n) is 10.00. The number of nitrogens with one attached hydrogen (secondary N) is 1. The maximum absolute atomic E-state index is 13.7. The van der Waals surface area contributed by atoms with E-state index in [2.05, 4.69) is 5.32 Å². The molecule has 0 radical (unpaired) electrons. The van der Waals surface area contributed by atoms with Gasteiger partial charge in [-0.15, -0.1) is 0 Å². The van der Waals surface area contributed by atoms with E-state index in [1.165, 1.54) is 17.0 Å². The van der Waals surface area contributed by atoms with Crippen LogP contribution in [0.5, 0.6) is 0 Å². The number of rotatable bonds is 11. The summed E-state index contributed by atoms with van der Waals surface area (Å²) in [6.45, 7) is 3.73. The fraction of sp³-hybridized carbons (Fsp3) is 0.300. The van der Waals surface area contributed by atoms with Crippen LogP contribution in [0.4, 0.5) is 0 Å². The van der Waals surface area contributed by atoms with E-state index in [1.54, 1.807) is 36.4 Å². The Labute approximate surface area is 240 Å². The van der Waals surface area contributed by atoms with Crippen molar-refractivity contribution in [1.82, 2.24) is 14.5 Å². The molecule has 1 N–H and O–H groups in total. The lowest BCUT2D eigenvalue weighted by atomic mass is 10.0. The molecule has 0 aliphatic carbocycles. The third-order valence-corrected chi connectivity index (χ3v) is 8.72. The summed E-state index contributed by atoms with van der Waals surface area (Å²) in [5.74, 6) is -1.20. The van der Waals surface area contributed by atoms with Gasteiger partial charge in [0.25, 0.3) is 15.9 Å². The van der Waals surface area contributed by atoms with Gasteiger partial charge in [0.05, 0.1) is 5.56 Å². The maximum atomic E-state index is 13.7. The minimum absolute atomic E-state index is 0.0241. The molecule has 1 aliphatic rings. The van der Waals surface area contributed by atoms with Crippen molar-refractivity contribution in [3.8, 4) is 0 Å². The minimum atomic E-state index is -3.97. The van der Waals surface area contributed by atoms with Gasteiger partial charge < -0.3 is 10.2 Å². The number of hydrogen-bond acceptors (Lipinski definition) is 5. The molecule has 0 fully saturated rings. The summed E-state index contributed by atoms with van der Waals surface area (Å²) in [4.78, 5) is 41.5. The Hall–Kier alpha value is -3.69. The van der Waals surface area contributed by atoms with Gasteiger partial charge in [0, 0.05) is 37.0 Å². The van der Waals surface area contributed by atoms with Crippen LogP contribution in [-0.4, -0.2) is 54.0 Å². The van der Waals surface area contributed by atoms with Crippen LogP contribution in [0.1, 0.15) is 48.2 Å². The lowest BCUT2D eigenvalue weighted by molar-refractivity contribution is -0.141. The monoisotopic (exact) mass is 581 g/mol.